The molecule has 2 N–H and O–H groups in total. The molecule has 1 unspecified atom stereocenters. The van der Waals surface area contributed by atoms with E-state index in [1.807, 2.05) is 0 Å². The van der Waals surface area contributed by atoms with Crippen LogP contribution in [0.5, 0.6) is 5.75 Å². The summed E-state index contributed by atoms with van der Waals surface area (Å²) in [5.41, 5.74) is 2.54. The van der Waals surface area contributed by atoms with Crippen LogP contribution in [-0.4, -0.2) is 26.7 Å². The van der Waals surface area contributed by atoms with Gasteiger partial charge in [-0.15, -0.1) is 0 Å². The highest BCUT2D eigenvalue weighted by Crippen LogP contribution is 2.26. The monoisotopic (exact) mass is 262 g/mol. The van der Waals surface area contributed by atoms with Gasteiger partial charge in [-0.3, -0.25) is 0 Å². The van der Waals surface area contributed by atoms with Crippen molar-refractivity contribution in [2.24, 2.45) is 5.92 Å². The fourth-order valence-corrected chi connectivity index (χ4v) is 2.73. The third-order valence-electron chi connectivity index (χ3n) is 4.02. The Balaban J connectivity index is 1.94. The van der Waals surface area contributed by atoms with Gasteiger partial charge in [0.15, 0.2) is 0 Å². The number of aryl methyl sites for hydroxylation is 1. The number of hydrogen-bond acceptors (Lipinski definition) is 3. The second kappa shape index (κ2) is 6.92. The maximum atomic E-state index is 5.46. The first kappa shape index (κ1) is 14.4. The first-order chi connectivity index (χ1) is 9.20. The maximum absolute atomic E-state index is 5.46. The first-order valence-electron chi connectivity index (χ1n) is 7.29. The van der Waals surface area contributed by atoms with Crippen LogP contribution in [-0.2, 0) is 0 Å². The molecule has 1 aromatic rings. The lowest BCUT2D eigenvalue weighted by Crippen LogP contribution is -2.34. The summed E-state index contributed by atoms with van der Waals surface area (Å²) in [4.78, 5) is 0. The van der Waals surface area contributed by atoms with Gasteiger partial charge in [0.2, 0.25) is 0 Å². The highest BCUT2D eigenvalue weighted by molar-refractivity contribution is 5.38. The summed E-state index contributed by atoms with van der Waals surface area (Å²) >= 11 is 0. The molecule has 1 fully saturated rings. The van der Waals surface area contributed by atoms with Crippen LogP contribution in [0.2, 0.25) is 0 Å². The molecule has 0 aliphatic carbocycles. The van der Waals surface area contributed by atoms with E-state index < -0.39 is 0 Å². The number of piperidine rings is 1. The Morgan fingerprint density at radius 3 is 2.79 bits per heavy atom. The Hall–Kier alpha value is -1.06. The van der Waals surface area contributed by atoms with Crippen molar-refractivity contribution in [3.05, 3.63) is 29.3 Å². The molecule has 3 heteroatoms. The SMILES string of the molecule is COc1ccc(C)cc1C(C)NCC1CCNCC1. The molecule has 0 spiro atoms. The summed E-state index contributed by atoms with van der Waals surface area (Å²) in [5.74, 6) is 1.79. The summed E-state index contributed by atoms with van der Waals surface area (Å²) in [6.07, 6.45) is 2.56. The number of methoxy groups -OCH3 is 1. The zero-order chi connectivity index (χ0) is 13.7. The molecule has 1 saturated heterocycles. The third-order valence-corrected chi connectivity index (χ3v) is 4.02. The topological polar surface area (TPSA) is 33.3 Å². The summed E-state index contributed by atoms with van der Waals surface area (Å²) in [5, 5.41) is 7.07. The zero-order valence-electron chi connectivity index (χ0n) is 12.3. The van der Waals surface area contributed by atoms with E-state index in [9.17, 15) is 0 Å². The summed E-state index contributed by atoms with van der Waals surface area (Å²) in [6.45, 7) is 7.77. The highest BCUT2D eigenvalue weighted by atomic mass is 16.5. The van der Waals surface area contributed by atoms with Crippen LogP contribution in [0.25, 0.3) is 0 Å². The average Bonchev–Trinajstić information content (AvgIpc) is 2.46. The standard InChI is InChI=1S/C16H26N2O/c1-12-4-5-16(19-3)15(10-12)13(2)18-11-14-6-8-17-9-7-14/h4-5,10,13-14,17-18H,6-9,11H2,1-3H3. The lowest BCUT2D eigenvalue weighted by molar-refractivity contribution is 0.341. The van der Waals surface area contributed by atoms with E-state index in [1.165, 1.54) is 24.0 Å². The predicted octanol–water partition coefficient (Wildman–Crippen LogP) is 2.65. The fraction of sp³-hybridized carbons (Fsp3) is 0.625. The normalized spacial score (nSPS) is 18.3. The molecule has 1 heterocycles. The second-order valence-corrected chi connectivity index (χ2v) is 5.57. The van der Waals surface area contributed by atoms with Crippen molar-refractivity contribution < 1.29 is 4.74 Å². The van der Waals surface area contributed by atoms with Gasteiger partial charge in [-0.05, 0) is 58.3 Å². The second-order valence-electron chi connectivity index (χ2n) is 5.57. The van der Waals surface area contributed by atoms with Gasteiger partial charge in [-0.1, -0.05) is 17.7 Å². The smallest absolute Gasteiger partial charge is 0.123 e. The molecular formula is C16H26N2O. The number of benzene rings is 1. The molecule has 1 atom stereocenters. The lowest BCUT2D eigenvalue weighted by atomic mass is 9.97. The largest absolute Gasteiger partial charge is 0.496 e. The van der Waals surface area contributed by atoms with E-state index in [1.54, 1.807) is 7.11 Å². The molecule has 0 aromatic heterocycles. The van der Waals surface area contributed by atoms with Crippen molar-refractivity contribution in [3.63, 3.8) is 0 Å². The van der Waals surface area contributed by atoms with Crippen molar-refractivity contribution in [2.75, 3.05) is 26.7 Å². The molecule has 1 aliphatic rings. The van der Waals surface area contributed by atoms with Crippen LogP contribution in [0.4, 0.5) is 0 Å². The van der Waals surface area contributed by atoms with Crippen molar-refractivity contribution in [2.45, 2.75) is 32.7 Å². The van der Waals surface area contributed by atoms with Crippen molar-refractivity contribution in [3.8, 4) is 5.75 Å². The van der Waals surface area contributed by atoms with Crippen molar-refractivity contribution >= 4 is 0 Å². The lowest BCUT2D eigenvalue weighted by Gasteiger charge is -2.25. The van der Waals surface area contributed by atoms with Gasteiger partial charge in [0.25, 0.3) is 0 Å². The predicted molar refractivity (Wildman–Crippen MR) is 79.7 cm³/mol. The molecule has 1 aliphatic heterocycles. The van der Waals surface area contributed by atoms with Gasteiger partial charge < -0.3 is 15.4 Å². The number of hydrogen-bond donors (Lipinski definition) is 2. The quantitative estimate of drug-likeness (QED) is 0.856. The summed E-state index contributed by atoms with van der Waals surface area (Å²) in [7, 11) is 1.74. The molecule has 0 bridgehead atoms. The first-order valence-corrected chi connectivity index (χ1v) is 7.29. The Bertz CT molecular complexity index is 400. The minimum atomic E-state index is 0.338. The van der Waals surface area contributed by atoms with Crippen molar-refractivity contribution in [1.29, 1.82) is 0 Å². The van der Waals surface area contributed by atoms with Gasteiger partial charge in [-0.2, -0.15) is 0 Å². The van der Waals surface area contributed by atoms with E-state index in [0.29, 0.717) is 6.04 Å². The average molecular weight is 262 g/mol. The van der Waals surface area contributed by atoms with E-state index in [0.717, 1.165) is 31.3 Å². The van der Waals surface area contributed by atoms with Crippen LogP contribution in [0.1, 0.15) is 36.9 Å². The van der Waals surface area contributed by atoms with E-state index in [2.05, 4.69) is 42.7 Å². The Kier molecular flexibility index (Phi) is 5.23. The van der Waals surface area contributed by atoms with E-state index in [4.69, 9.17) is 4.74 Å². The number of ether oxygens (including phenoxy) is 1. The minimum Gasteiger partial charge on any atom is -0.496 e. The number of rotatable bonds is 5. The molecule has 2 rings (SSSR count). The summed E-state index contributed by atoms with van der Waals surface area (Å²) in [6, 6.07) is 6.72. The van der Waals surface area contributed by atoms with Gasteiger partial charge >= 0.3 is 0 Å². The maximum Gasteiger partial charge on any atom is 0.123 e. The fourth-order valence-electron chi connectivity index (χ4n) is 2.73. The van der Waals surface area contributed by atoms with Gasteiger partial charge in [0.05, 0.1) is 7.11 Å². The molecular weight excluding hydrogens is 236 g/mol. The Labute approximate surface area is 116 Å². The molecule has 106 valence electrons. The minimum absolute atomic E-state index is 0.338. The van der Waals surface area contributed by atoms with E-state index in [-0.39, 0.29) is 0 Å². The van der Waals surface area contributed by atoms with Crippen molar-refractivity contribution in [1.82, 2.24) is 10.6 Å². The van der Waals surface area contributed by atoms with Crippen LogP contribution in [0, 0.1) is 12.8 Å². The molecule has 0 saturated carbocycles. The van der Waals surface area contributed by atoms with Crippen LogP contribution in [0.15, 0.2) is 18.2 Å². The van der Waals surface area contributed by atoms with Gasteiger partial charge in [0, 0.05) is 11.6 Å². The van der Waals surface area contributed by atoms with Crippen LogP contribution < -0.4 is 15.4 Å². The highest BCUT2D eigenvalue weighted by Gasteiger charge is 2.16. The third kappa shape index (κ3) is 3.95. The molecule has 0 amide bonds. The van der Waals surface area contributed by atoms with E-state index >= 15 is 0 Å². The zero-order valence-corrected chi connectivity index (χ0v) is 12.3. The van der Waals surface area contributed by atoms with Gasteiger partial charge in [-0.25, -0.2) is 0 Å². The van der Waals surface area contributed by atoms with Crippen LogP contribution in [0.3, 0.4) is 0 Å². The molecule has 0 radical (unpaired) electrons. The summed E-state index contributed by atoms with van der Waals surface area (Å²) < 4.78 is 5.46. The molecule has 3 nitrogen and oxygen atoms in total. The molecule has 1 aromatic carbocycles. The van der Waals surface area contributed by atoms with Gasteiger partial charge in [0.1, 0.15) is 5.75 Å². The van der Waals surface area contributed by atoms with Crippen LogP contribution >= 0.6 is 0 Å². The Morgan fingerprint density at radius 2 is 2.11 bits per heavy atom. The molecule has 19 heavy (non-hydrogen) atoms. The number of nitrogens with one attached hydrogen (secondary N) is 2. The Morgan fingerprint density at radius 1 is 1.37 bits per heavy atom.